The molecule has 0 aliphatic carbocycles. The Bertz CT molecular complexity index is 839. The zero-order valence-electron chi connectivity index (χ0n) is 14.1. The van der Waals surface area contributed by atoms with E-state index < -0.39 is 6.23 Å². The highest BCUT2D eigenvalue weighted by Crippen LogP contribution is 2.32. The van der Waals surface area contributed by atoms with Crippen molar-refractivity contribution in [3.05, 3.63) is 36.2 Å². The number of nitrogens with zero attached hydrogens (tertiary/aromatic N) is 3. The third-order valence-corrected chi connectivity index (χ3v) is 4.48. The Morgan fingerprint density at radius 3 is 2.78 bits per heavy atom. The number of likely N-dealkylation sites (N-methyl/N-ethyl adjacent to an activating group) is 1. The largest absolute Gasteiger partial charge is 0.497 e. The third kappa shape index (κ3) is 2.78. The number of aryl methyl sites for hydroxylation is 1. The highest BCUT2D eigenvalue weighted by atomic mass is 16.5. The minimum atomic E-state index is -0.461. The molecule has 0 spiro atoms. The molecule has 2 aromatic heterocycles. The van der Waals surface area contributed by atoms with Gasteiger partial charge in [0.1, 0.15) is 12.0 Å². The topological polar surface area (TPSA) is 50.5 Å². The van der Waals surface area contributed by atoms with Crippen LogP contribution in [0.1, 0.15) is 12.6 Å². The highest BCUT2D eigenvalue weighted by Gasteiger charge is 2.15. The van der Waals surface area contributed by atoms with Gasteiger partial charge in [-0.2, -0.15) is 0 Å². The standard InChI is InChI=1S/C18H23N3O2/c1-12-18-16(7-8-19-12)15-6-5-14(23-4)11-17(15)21(18)10-9-20(3)13(2)22/h5-8,11,13,22H,9-10H2,1-4H3. The van der Waals surface area contributed by atoms with E-state index in [1.807, 2.05) is 31.1 Å². The molecule has 5 heteroatoms. The molecule has 2 heterocycles. The number of rotatable bonds is 5. The van der Waals surface area contributed by atoms with E-state index in [1.54, 1.807) is 14.0 Å². The van der Waals surface area contributed by atoms with Gasteiger partial charge in [0.2, 0.25) is 0 Å². The van der Waals surface area contributed by atoms with Crippen molar-refractivity contribution in [2.75, 3.05) is 20.7 Å². The van der Waals surface area contributed by atoms with Crippen LogP contribution in [-0.4, -0.2) is 46.5 Å². The maximum atomic E-state index is 9.70. The number of benzene rings is 1. The van der Waals surface area contributed by atoms with Crippen molar-refractivity contribution in [1.82, 2.24) is 14.5 Å². The van der Waals surface area contributed by atoms with Gasteiger partial charge in [-0.15, -0.1) is 0 Å². The number of pyridine rings is 1. The summed E-state index contributed by atoms with van der Waals surface area (Å²) >= 11 is 0. The number of aromatic nitrogens is 2. The minimum absolute atomic E-state index is 0.461. The van der Waals surface area contributed by atoms with E-state index in [1.165, 1.54) is 10.8 Å². The Labute approximate surface area is 136 Å². The first-order valence-electron chi connectivity index (χ1n) is 7.82. The Morgan fingerprint density at radius 2 is 2.09 bits per heavy atom. The van der Waals surface area contributed by atoms with Crippen molar-refractivity contribution in [3.8, 4) is 5.75 Å². The smallest absolute Gasteiger partial charge is 0.120 e. The van der Waals surface area contributed by atoms with Crippen LogP contribution in [0.15, 0.2) is 30.5 Å². The van der Waals surface area contributed by atoms with Gasteiger partial charge in [-0.25, -0.2) is 0 Å². The van der Waals surface area contributed by atoms with Crippen molar-refractivity contribution in [3.63, 3.8) is 0 Å². The molecule has 3 rings (SSSR count). The van der Waals surface area contributed by atoms with Crippen LogP contribution in [0.4, 0.5) is 0 Å². The molecule has 0 amide bonds. The minimum Gasteiger partial charge on any atom is -0.497 e. The van der Waals surface area contributed by atoms with Crippen molar-refractivity contribution < 1.29 is 9.84 Å². The second-order valence-corrected chi connectivity index (χ2v) is 5.94. The molecule has 0 saturated carbocycles. The lowest BCUT2D eigenvalue weighted by atomic mass is 10.1. The number of fused-ring (bicyclic) bond motifs is 3. The fraction of sp³-hybridized carbons (Fsp3) is 0.389. The van der Waals surface area contributed by atoms with Gasteiger partial charge in [-0.1, -0.05) is 0 Å². The molecule has 0 saturated heterocycles. The number of aliphatic hydroxyl groups excluding tert-OH is 1. The average molecular weight is 313 g/mol. The first-order chi connectivity index (χ1) is 11.0. The van der Waals surface area contributed by atoms with Gasteiger partial charge in [0.25, 0.3) is 0 Å². The number of hydrogen-bond acceptors (Lipinski definition) is 4. The molecular formula is C18H23N3O2. The summed E-state index contributed by atoms with van der Waals surface area (Å²) in [6, 6.07) is 8.22. The van der Waals surface area contributed by atoms with Crippen molar-refractivity contribution in [1.29, 1.82) is 0 Å². The first kappa shape index (κ1) is 15.8. The maximum Gasteiger partial charge on any atom is 0.120 e. The number of aliphatic hydroxyl groups is 1. The summed E-state index contributed by atoms with van der Waals surface area (Å²) < 4.78 is 7.66. The first-order valence-corrected chi connectivity index (χ1v) is 7.82. The SMILES string of the molecule is COc1ccc2c3ccnc(C)c3n(CCN(C)C(C)O)c2c1. The summed E-state index contributed by atoms with van der Waals surface area (Å²) in [5.41, 5.74) is 3.29. The molecule has 0 fully saturated rings. The molecule has 0 aliphatic rings. The number of methoxy groups -OCH3 is 1. The van der Waals surface area contributed by atoms with Crippen LogP contribution in [-0.2, 0) is 6.54 Å². The predicted molar refractivity (Wildman–Crippen MR) is 92.8 cm³/mol. The van der Waals surface area contributed by atoms with Crippen molar-refractivity contribution in [2.45, 2.75) is 26.6 Å². The summed E-state index contributed by atoms with van der Waals surface area (Å²) in [6.45, 7) is 5.35. The summed E-state index contributed by atoms with van der Waals surface area (Å²) in [6.07, 6.45) is 1.39. The van der Waals surface area contributed by atoms with Crippen LogP contribution in [0.5, 0.6) is 5.75 Å². The lowest BCUT2D eigenvalue weighted by Crippen LogP contribution is -2.31. The van der Waals surface area contributed by atoms with Crippen LogP contribution in [0.3, 0.4) is 0 Å². The monoisotopic (exact) mass is 313 g/mol. The van der Waals surface area contributed by atoms with Crippen LogP contribution in [0.2, 0.25) is 0 Å². The van der Waals surface area contributed by atoms with Crippen LogP contribution in [0.25, 0.3) is 21.8 Å². The predicted octanol–water partition coefficient (Wildman–Crippen LogP) is 2.78. The van der Waals surface area contributed by atoms with Crippen LogP contribution in [0, 0.1) is 6.92 Å². The highest BCUT2D eigenvalue weighted by molar-refractivity contribution is 6.09. The van der Waals surface area contributed by atoms with E-state index in [0.29, 0.717) is 0 Å². The second-order valence-electron chi connectivity index (χ2n) is 5.94. The molecule has 23 heavy (non-hydrogen) atoms. The average Bonchev–Trinajstić information content (AvgIpc) is 2.86. The summed E-state index contributed by atoms with van der Waals surface area (Å²) in [7, 11) is 3.60. The van der Waals surface area contributed by atoms with Crippen molar-refractivity contribution in [2.24, 2.45) is 0 Å². The van der Waals surface area contributed by atoms with E-state index in [0.717, 1.165) is 35.6 Å². The Hall–Kier alpha value is -2.11. The molecule has 5 nitrogen and oxygen atoms in total. The lowest BCUT2D eigenvalue weighted by Gasteiger charge is -2.20. The maximum absolute atomic E-state index is 9.70. The van der Waals surface area contributed by atoms with Crippen LogP contribution < -0.4 is 4.74 Å². The third-order valence-electron chi connectivity index (χ3n) is 4.48. The second kappa shape index (κ2) is 6.18. The fourth-order valence-electron chi connectivity index (χ4n) is 3.00. The molecule has 0 bridgehead atoms. The number of ether oxygens (including phenoxy) is 1. The van der Waals surface area contributed by atoms with Gasteiger partial charge in [0, 0.05) is 36.1 Å². The Balaban J connectivity index is 2.18. The van der Waals surface area contributed by atoms with Gasteiger partial charge in [-0.05, 0) is 39.1 Å². The number of hydrogen-bond donors (Lipinski definition) is 1. The van der Waals surface area contributed by atoms with E-state index >= 15 is 0 Å². The molecule has 122 valence electrons. The van der Waals surface area contributed by atoms with Crippen LogP contribution >= 0.6 is 0 Å². The molecule has 0 radical (unpaired) electrons. The Kier molecular flexibility index (Phi) is 4.24. The molecule has 0 aliphatic heterocycles. The van der Waals surface area contributed by atoms with Gasteiger partial charge in [0.05, 0.1) is 23.8 Å². The van der Waals surface area contributed by atoms with E-state index in [2.05, 4.69) is 27.8 Å². The molecule has 3 aromatic rings. The molecule has 1 atom stereocenters. The van der Waals surface area contributed by atoms with E-state index in [-0.39, 0.29) is 0 Å². The van der Waals surface area contributed by atoms with Gasteiger partial charge in [0.15, 0.2) is 0 Å². The van der Waals surface area contributed by atoms with E-state index in [4.69, 9.17) is 4.74 Å². The quantitative estimate of drug-likeness (QED) is 0.736. The fourth-order valence-corrected chi connectivity index (χ4v) is 3.00. The molecular weight excluding hydrogens is 290 g/mol. The zero-order chi connectivity index (χ0) is 16.6. The normalized spacial score (nSPS) is 13.1. The van der Waals surface area contributed by atoms with Gasteiger partial charge in [-0.3, -0.25) is 9.88 Å². The Morgan fingerprint density at radius 1 is 1.30 bits per heavy atom. The summed E-state index contributed by atoms with van der Waals surface area (Å²) in [5.74, 6) is 0.844. The van der Waals surface area contributed by atoms with Crippen molar-refractivity contribution >= 4 is 21.8 Å². The van der Waals surface area contributed by atoms with Gasteiger partial charge >= 0.3 is 0 Å². The molecule has 1 unspecified atom stereocenters. The summed E-state index contributed by atoms with van der Waals surface area (Å²) in [4.78, 5) is 6.37. The summed E-state index contributed by atoms with van der Waals surface area (Å²) in [5, 5.41) is 12.1. The van der Waals surface area contributed by atoms with Gasteiger partial charge < -0.3 is 14.4 Å². The van der Waals surface area contributed by atoms with E-state index in [9.17, 15) is 5.11 Å². The zero-order valence-corrected chi connectivity index (χ0v) is 14.1. The lowest BCUT2D eigenvalue weighted by molar-refractivity contribution is 0.0366. The molecule has 1 aromatic carbocycles. The molecule has 1 N–H and O–H groups in total.